The highest BCUT2D eigenvalue weighted by atomic mass is 32.1. The minimum absolute atomic E-state index is 0.00626. The van der Waals surface area contributed by atoms with Gasteiger partial charge in [-0.15, -0.1) is 11.3 Å². The topological polar surface area (TPSA) is 87.5 Å². The van der Waals surface area contributed by atoms with Crippen molar-refractivity contribution in [3.8, 4) is 55.6 Å². The second-order valence-electron chi connectivity index (χ2n) is 35.9. The van der Waals surface area contributed by atoms with Crippen LogP contribution in [0, 0.1) is 0 Å². The maximum absolute atomic E-state index is 6.61. The van der Waals surface area contributed by atoms with Gasteiger partial charge in [0.2, 0.25) is 0 Å². The molecule has 4 heterocycles. The summed E-state index contributed by atoms with van der Waals surface area (Å²) in [6.07, 6.45) is 2.14. The lowest BCUT2D eigenvalue weighted by molar-refractivity contribution is 0.492. The van der Waals surface area contributed by atoms with Crippen molar-refractivity contribution in [1.82, 2.24) is 0 Å². The fourth-order valence-electron chi connectivity index (χ4n) is 22.0. The Morgan fingerprint density at radius 3 is 1.33 bits per heavy atom. The average Bonchev–Trinajstić information content (AvgIpc) is 1.55. The lowest BCUT2D eigenvalue weighted by Gasteiger charge is -2.31. The average molecular weight is 1680 g/mol. The van der Waals surface area contributed by atoms with Gasteiger partial charge in [-0.2, -0.15) is 0 Å². The predicted octanol–water partition coefficient (Wildman–Crippen LogP) is 34.5. The molecule has 7 nitrogen and oxygen atoms in total. The number of para-hydroxylation sites is 5. The van der Waals surface area contributed by atoms with Gasteiger partial charge >= 0.3 is 0 Å². The molecule has 0 saturated heterocycles. The molecule has 0 radical (unpaired) electrons. The molecule has 4 N–H and O–H groups in total. The van der Waals surface area contributed by atoms with E-state index in [4.69, 9.17) is 13.3 Å². The van der Waals surface area contributed by atoms with Crippen molar-refractivity contribution in [3.05, 3.63) is 444 Å². The fourth-order valence-corrected chi connectivity index (χ4v) is 23.2. The lowest BCUT2D eigenvalue weighted by atomic mass is 9.73. The van der Waals surface area contributed by atoms with E-state index in [-0.39, 0.29) is 21.7 Å². The summed E-state index contributed by atoms with van der Waals surface area (Å²) in [6, 6.07) is 140. The van der Waals surface area contributed by atoms with Gasteiger partial charge in [-0.3, -0.25) is 0 Å². The first-order chi connectivity index (χ1) is 63.2. The summed E-state index contributed by atoms with van der Waals surface area (Å²) in [7, 11) is 0. The van der Waals surface area contributed by atoms with Crippen molar-refractivity contribution in [3.63, 3.8) is 0 Å². The maximum Gasteiger partial charge on any atom is 0.158 e. The molecule has 18 aromatic carbocycles. The summed E-state index contributed by atoms with van der Waals surface area (Å²) in [6.45, 7) is 16.2. The third kappa shape index (κ3) is 12.7. The van der Waals surface area contributed by atoms with Crippen LogP contribution >= 0.6 is 11.3 Å². The van der Waals surface area contributed by atoms with Crippen LogP contribution in [0.1, 0.15) is 111 Å². The van der Waals surface area contributed by atoms with Crippen LogP contribution in [-0.2, 0) is 21.7 Å². The number of anilines is 8. The summed E-state index contributed by atoms with van der Waals surface area (Å²) in [4.78, 5) is 0. The number of rotatable bonds is 12. The van der Waals surface area contributed by atoms with Gasteiger partial charge in [0, 0.05) is 110 Å². The molecule has 4 aliphatic carbocycles. The SMILES string of the molecule is CC1(C)c2ccccc2-c2ccc(Nc3ccc4c(c3)oc3ccccc34)cc21.CC1(C)c2ccccc2-c2cccc(Nc3cccc4c3oc3c(-c5ccccc5)cccc34)c21.CC1(c2ccccc2)c2ccccc2-c2cccc(Nc3cccc4c3sc3ccccc34)c21.CCC1(CC)c2ccccc2-c2cccc(Nc3cccc4c3oc3ccccc34)c21. The third-order valence-electron chi connectivity index (χ3n) is 28.2. The Labute approximate surface area is 755 Å². The van der Waals surface area contributed by atoms with Gasteiger partial charge in [-0.1, -0.05) is 351 Å². The van der Waals surface area contributed by atoms with Gasteiger partial charge in [0.15, 0.2) is 11.2 Å². The Hall–Kier alpha value is -15.2. The highest BCUT2D eigenvalue weighted by Crippen LogP contribution is 2.59. The third-order valence-corrected chi connectivity index (χ3v) is 29.4. The summed E-state index contributed by atoms with van der Waals surface area (Å²) in [5.74, 6) is 0. The van der Waals surface area contributed by atoms with Gasteiger partial charge in [0.1, 0.15) is 22.3 Å². The zero-order valence-electron chi connectivity index (χ0n) is 73.1. The minimum atomic E-state index is -0.231. The number of nitrogens with one attached hydrogen (secondary N) is 4. The molecule has 26 rings (SSSR count). The van der Waals surface area contributed by atoms with E-state index in [2.05, 4.69) is 428 Å². The van der Waals surface area contributed by atoms with Gasteiger partial charge in [0.25, 0.3) is 0 Å². The van der Waals surface area contributed by atoms with Crippen LogP contribution in [0.15, 0.2) is 408 Å². The van der Waals surface area contributed by atoms with Crippen LogP contribution in [0.2, 0.25) is 0 Å². The van der Waals surface area contributed by atoms with Gasteiger partial charge in [0.05, 0.1) is 21.8 Å². The molecule has 0 spiro atoms. The molecule has 129 heavy (non-hydrogen) atoms. The minimum Gasteiger partial charge on any atom is -0.456 e. The molecule has 4 aliphatic rings. The Morgan fingerprint density at radius 1 is 0.248 bits per heavy atom. The van der Waals surface area contributed by atoms with E-state index in [1.807, 2.05) is 47.7 Å². The first-order valence-electron chi connectivity index (χ1n) is 45.1. The van der Waals surface area contributed by atoms with Crippen LogP contribution in [0.4, 0.5) is 45.5 Å². The number of furan rings is 3. The molecule has 0 bridgehead atoms. The van der Waals surface area contributed by atoms with E-state index in [1.165, 1.54) is 132 Å². The molecule has 8 heteroatoms. The van der Waals surface area contributed by atoms with Crippen molar-refractivity contribution in [2.75, 3.05) is 21.3 Å². The van der Waals surface area contributed by atoms with Crippen LogP contribution in [-0.4, -0.2) is 0 Å². The van der Waals surface area contributed by atoms with Gasteiger partial charge < -0.3 is 34.5 Å². The molecule has 1 unspecified atom stereocenters. The number of thiophene rings is 1. The first kappa shape index (κ1) is 78.5. The quantitative estimate of drug-likeness (QED) is 0.0969. The smallest absolute Gasteiger partial charge is 0.158 e. The molecule has 1 atom stereocenters. The van der Waals surface area contributed by atoms with Crippen LogP contribution in [0.5, 0.6) is 0 Å². The van der Waals surface area contributed by atoms with Crippen LogP contribution < -0.4 is 21.3 Å². The van der Waals surface area contributed by atoms with Crippen molar-refractivity contribution >= 4 is 143 Å². The second-order valence-corrected chi connectivity index (χ2v) is 36.9. The van der Waals surface area contributed by atoms with E-state index >= 15 is 0 Å². The zero-order valence-corrected chi connectivity index (χ0v) is 73.9. The zero-order chi connectivity index (χ0) is 86.9. The molecule has 0 amide bonds. The molecular formula is C121H94N4O3S. The highest BCUT2D eigenvalue weighted by molar-refractivity contribution is 7.26. The summed E-state index contributed by atoms with van der Waals surface area (Å²) >= 11 is 1.86. The van der Waals surface area contributed by atoms with E-state index in [1.54, 1.807) is 0 Å². The Balaban J connectivity index is 0.0000000984. The van der Waals surface area contributed by atoms with Gasteiger partial charge in [-0.25, -0.2) is 0 Å². The molecule has 22 aromatic rings. The normalized spacial score (nSPS) is 14.6. The second kappa shape index (κ2) is 31.1. The Morgan fingerprint density at radius 2 is 0.659 bits per heavy atom. The number of benzene rings is 18. The van der Waals surface area contributed by atoms with E-state index in [0.29, 0.717) is 0 Å². The Bertz CT molecular complexity index is 8200. The summed E-state index contributed by atoms with van der Waals surface area (Å²) in [5, 5.41) is 24.5. The van der Waals surface area contributed by atoms with Crippen molar-refractivity contribution < 1.29 is 13.3 Å². The monoisotopic (exact) mass is 1680 g/mol. The lowest BCUT2D eigenvalue weighted by Crippen LogP contribution is -2.24. The molecule has 0 fully saturated rings. The van der Waals surface area contributed by atoms with E-state index < -0.39 is 0 Å². The number of hydrogen-bond acceptors (Lipinski definition) is 8. The number of hydrogen-bond donors (Lipinski definition) is 4. The van der Waals surface area contributed by atoms with Gasteiger partial charge in [-0.05, 0) is 199 Å². The van der Waals surface area contributed by atoms with Crippen LogP contribution in [0.25, 0.3) is 142 Å². The molecule has 4 aromatic heterocycles. The number of fused-ring (bicyclic) bond motifs is 24. The van der Waals surface area contributed by atoms with Crippen LogP contribution in [0.3, 0.4) is 0 Å². The standard InChI is InChI=1S/C33H25NO.C32H23NS.C29H25NO.C27H21NO/c1-33(2)27-18-7-6-13-23(27)24-15-9-19-28(30(24)33)34-29-20-10-17-26-25-16-8-14-22(31(25)35-32(26)29)21-11-4-3-5-12-21;1-32(21-11-3-2-4-12-21)26-17-7-5-13-22(26)24-15-9-18-27(30(24)32)33-28-19-10-16-25-23-14-6-8-20-29(23)34-31(25)28;1-3-29(4-2)23-15-7-5-11-19(23)21-13-9-16-24(27(21)29)30-25-17-10-14-22-20-12-6-8-18-26(20)31-28(22)25;1-27(2)23-9-5-3-7-19(23)20-13-11-17(15-24(20)27)28-18-12-14-22-21-8-4-6-10-25(21)29-26(22)16-18/h3-20,34H,1-2H3;2-20,33H,1H3;5-18,30H,3-4H2,1-2H3;3-16,28H,1-2H3. The fraction of sp³-hybridized carbons (Fsp3) is 0.107. The largest absolute Gasteiger partial charge is 0.456 e. The molecule has 0 aliphatic heterocycles. The Kier molecular flexibility index (Phi) is 18.9. The molecular weight excluding hydrogens is 1590 g/mol. The molecule has 622 valence electrons. The summed E-state index contributed by atoms with van der Waals surface area (Å²) < 4.78 is 21.6. The predicted molar refractivity (Wildman–Crippen MR) is 544 cm³/mol. The van der Waals surface area contributed by atoms with Crippen molar-refractivity contribution in [1.29, 1.82) is 0 Å². The highest BCUT2D eigenvalue weighted by Gasteiger charge is 2.45. The van der Waals surface area contributed by atoms with Crippen molar-refractivity contribution in [2.45, 2.75) is 83.0 Å². The first-order valence-corrected chi connectivity index (χ1v) is 45.9. The molecule has 0 saturated carbocycles. The van der Waals surface area contributed by atoms with E-state index in [9.17, 15) is 0 Å². The van der Waals surface area contributed by atoms with E-state index in [0.717, 1.165) is 118 Å². The summed E-state index contributed by atoms with van der Waals surface area (Å²) in [5.41, 5.74) is 39.3. The maximum atomic E-state index is 6.61. The van der Waals surface area contributed by atoms with Crippen molar-refractivity contribution in [2.24, 2.45) is 0 Å².